The van der Waals surface area contributed by atoms with Gasteiger partial charge in [0.05, 0.1) is 18.8 Å². The highest BCUT2D eigenvalue weighted by atomic mass is 16.5. The van der Waals surface area contributed by atoms with Crippen LogP contribution >= 0.6 is 0 Å². The minimum Gasteiger partial charge on any atom is -0.481 e. The van der Waals surface area contributed by atoms with Crippen molar-refractivity contribution in [3.05, 3.63) is 12.2 Å². The topological polar surface area (TPSA) is 105 Å². The highest BCUT2D eigenvalue weighted by Gasteiger charge is 2.47. The smallest absolute Gasteiger partial charge is 0.303 e. The number of allylic oxidation sites excluding steroid dienone is 2. The predicted molar refractivity (Wildman–Crippen MR) is 131 cm³/mol. The first-order chi connectivity index (χ1) is 16.5. The van der Waals surface area contributed by atoms with Crippen LogP contribution in [0.5, 0.6) is 0 Å². The van der Waals surface area contributed by atoms with Gasteiger partial charge in [-0.1, -0.05) is 57.1 Å². The second kappa shape index (κ2) is 14.5. The van der Waals surface area contributed by atoms with Gasteiger partial charge < -0.3 is 20.5 Å². The number of aliphatic carboxylic acids is 1. The zero-order valence-electron chi connectivity index (χ0n) is 20.6. The van der Waals surface area contributed by atoms with Crippen molar-refractivity contribution >= 4 is 17.8 Å². The first-order valence-corrected chi connectivity index (χ1v) is 13.6. The molecule has 0 aromatic heterocycles. The molecule has 1 aliphatic carbocycles. The summed E-state index contributed by atoms with van der Waals surface area (Å²) < 4.78 is 6.10. The maximum Gasteiger partial charge on any atom is 0.303 e. The van der Waals surface area contributed by atoms with Crippen molar-refractivity contribution in [2.45, 2.75) is 109 Å². The zero-order valence-corrected chi connectivity index (χ0v) is 20.6. The van der Waals surface area contributed by atoms with Crippen molar-refractivity contribution in [3.8, 4) is 0 Å². The molecule has 0 radical (unpaired) electrons. The molecule has 2 bridgehead atoms. The van der Waals surface area contributed by atoms with Gasteiger partial charge in [-0.3, -0.25) is 14.4 Å². The summed E-state index contributed by atoms with van der Waals surface area (Å²) in [4.78, 5) is 35.0. The Hall–Kier alpha value is -1.89. The van der Waals surface area contributed by atoms with Gasteiger partial charge in [0.25, 0.3) is 0 Å². The quantitative estimate of drug-likeness (QED) is 0.241. The van der Waals surface area contributed by atoms with Crippen LogP contribution in [0.4, 0.5) is 0 Å². The maximum absolute atomic E-state index is 12.3. The van der Waals surface area contributed by atoms with E-state index in [1.165, 1.54) is 38.5 Å². The van der Waals surface area contributed by atoms with E-state index < -0.39 is 5.97 Å². The number of hydrogen-bond acceptors (Lipinski definition) is 4. The van der Waals surface area contributed by atoms with Gasteiger partial charge in [0, 0.05) is 25.3 Å². The number of rotatable bonds is 15. The van der Waals surface area contributed by atoms with Gasteiger partial charge in [-0.05, 0) is 50.4 Å². The molecule has 3 fully saturated rings. The number of carboxylic acid groups (broad SMARTS) is 1. The van der Waals surface area contributed by atoms with Crippen molar-refractivity contribution in [1.29, 1.82) is 0 Å². The molecule has 0 spiro atoms. The summed E-state index contributed by atoms with van der Waals surface area (Å²) in [6, 6.07) is 0. The predicted octanol–water partition coefficient (Wildman–Crippen LogP) is 4.35. The molecule has 2 aliphatic heterocycles. The Bertz CT molecular complexity index is 689. The third-order valence-electron chi connectivity index (χ3n) is 7.90. The molecule has 2 heterocycles. The minimum atomic E-state index is -0.753. The number of carboxylic acids is 1. The fourth-order valence-electron chi connectivity index (χ4n) is 5.98. The van der Waals surface area contributed by atoms with Gasteiger partial charge in [-0.2, -0.15) is 0 Å². The Morgan fingerprint density at radius 1 is 0.824 bits per heavy atom. The molecule has 2 saturated heterocycles. The minimum absolute atomic E-state index is 0.0343. The standard InChI is InChI=1S/C27H44N2O5/c30-25(14-9-8-12-20-10-4-3-5-11-20)29-19-26(31)28-18-22-21(23-16-17-24(22)34-23)13-6-1-2-7-15-27(32)33/h1,6,20-24H,2-5,7-19H2,(H,28,31)(H,29,30)(H,32,33)/b6-1+. The van der Waals surface area contributed by atoms with Crippen LogP contribution in [0.2, 0.25) is 0 Å². The third kappa shape index (κ3) is 9.05. The van der Waals surface area contributed by atoms with Gasteiger partial charge in [-0.15, -0.1) is 0 Å². The van der Waals surface area contributed by atoms with Crippen LogP contribution < -0.4 is 10.6 Å². The summed E-state index contributed by atoms with van der Waals surface area (Å²) in [6.07, 6.45) is 19.8. The summed E-state index contributed by atoms with van der Waals surface area (Å²) in [5.41, 5.74) is 0. The van der Waals surface area contributed by atoms with Gasteiger partial charge in [0.2, 0.25) is 11.8 Å². The van der Waals surface area contributed by atoms with E-state index in [-0.39, 0.29) is 37.0 Å². The summed E-state index contributed by atoms with van der Waals surface area (Å²) in [7, 11) is 0. The first kappa shape index (κ1) is 26.7. The first-order valence-electron chi connectivity index (χ1n) is 13.6. The molecule has 0 aromatic carbocycles. The fourth-order valence-corrected chi connectivity index (χ4v) is 5.98. The average Bonchev–Trinajstić information content (AvgIpc) is 3.44. The Kier molecular flexibility index (Phi) is 11.4. The van der Waals surface area contributed by atoms with Crippen molar-refractivity contribution < 1.29 is 24.2 Å². The molecule has 1 saturated carbocycles. The molecule has 192 valence electrons. The molecule has 4 atom stereocenters. The fraction of sp³-hybridized carbons (Fsp3) is 0.815. The molecule has 3 aliphatic rings. The lowest BCUT2D eigenvalue weighted by Crippen LogP contribution is -2.42. The van der Waals surface area contributed by atoms with Crippen LogP contribution in [0.25, 0.3) is 0 Å². The molecule has 3 N–H and O–H groups in total. The lowest BCUT2D eigenvalue weighted by molar-refractivity contribution is -0.137. The summed E-state index contributed by atoms with van der Waals surface area (Å²) in [5, 5.41) is 14.5. The molecular formula is C27H44N2O5. The summed E-state index contributed by atoms with van der Waals surface area (Å²) in [6.45, 7) is 0.617. The van der Waals surface area contributed by atoms with Gasteiger partial charge in [0.15, 0.2) is 0 Å². The number of fused-ring (bicyclic) bond motifs is 2. The van der Waals surface area contributed by atoms with Crippen molar-refractivity contribution in [2.75, 3.05) is 13.1 Å². The largest absolute Gasteiger partial charge is 0.481 e. The second-order valence-corrected chi connectivity index (χ2v) is 10.4. The van der Waals surface area contributed by atoms with E-state index in [0.29, 0.717) is 31.2 Å². The average molecular weight is 477 g/mol. The number of nitrogens with one attached hydrogen (secondary N) is 2. The molecule has 0 aromatic rings. The van der Waals surface area contributed by atoms with E-state index in [9.17, 15) is 14.4 Å². The number of carbonyl (C=O) groups is 3. The highest BCUT2D eigenvalue weighted by molar-refractivity contribution is 5.84. The van der Waals surface area contributed by atoms with E-state index >= 15 is 0 Å². The monoisotopic (exact) mass is 476 g/mol. The lowest BCUT2D eigenvalue weighted by Gasteiger charge is -2.27. The summed E-state index contributed by atoms with van der Waals surface area (Å²) >= 11 is 0. The lowest BCUT2D eigenvalue weighted by atomic mass is 9.77. The van der Waals surface area contributed by atoms with E-state index in [4.69, 9.17) is 9.84 Å². The molecular weight excluding hydrogens is 432 g/mol. The third-order valence-corrected chi connectivity index (χ3v) is 7.90. The summed E-state index contributed by atoms with van der Waals surface area (Å²) in [5.74, 6) is 0.606. The molecule has 2 amide bonds. The number of ether oxygens (including phenoxy) is 1. The molecule has 3 rings (SSSR count). The number of amides is 2. The Balaban J connectivity index is 1.27. The van der Waals surface area contributed by atoms with Crippen LogP contribution in [0.15, 0.2) is 12.2 Å². The van der Waals surface area contributed by atoms with Crippen molar-refractivity contribution in [1.82, 2.24) is 10.6 Å². The molecule has 7 nitrogen and oxygen atoms in total. The van der Waals surface area contributed by atoms with Crippen LogP contribution in [-0.2, 0) is 19.1 Å². The molecule has 7 heteroatoms. The van der Waals surface area contributed by atoms with Gasteiger partial charge in [-0.25, -0.2) is 0 Å². The van der Waals surface area contributed by atoms with Crippen LogP contribution in [0.3, 0.4) is 0 Å². The normalized spacial score (nSPS) is 26.7. The number of hydrogen-bond donors (Lipinski definition) is 3. The Morgan fingerprint density at radius 3 is 2.35 bits per heavy atom. The number of carbonyl (C=O) groups excluding carboxylic acids is 2. The highest BCUT2D eigenvalue weighted by Crippen LogP contribution is 2.44. The van der Waals surface area contributed by atoms with E-state index in [2.05, 4.69) is 22.8 Å². The second-order valence-electron chi connectivity index (χ2n) is 10.4. The number of unbranched alkanes of at least 4 members (excludes halogenated alkanes) is 2. The van der Waals surface area contributed by atoms with Crippen LogP contribution in [-0.4, -0.2) is 48.2 Å². The SMILES string of the molecule is O=C(O)CCC/C=C/CC1C2CCC(O2)C1CNC(=O)CNC(=O)CCCCC1CCCCC1. The van der Waals surface area contributed by atoms with Crippen LogP contribution in [0, 0.1) is 17.8 Å². The Labute approximate surface area is 204 Å². The van der Waals surface area contributed by atoms with Gasteiger partial charge >= 0.3 is 5.97 Å². The van der Waals surface area contributed by atoms with Crippen molar-refractivity contribution in [2.24, 2.45) is 17.8 Å². The molecule has 4 unspecified atom stereocenters. The van der Waals surface area contributed by atoms with E-state index in [1.54, 1.807) is 0 Å². The van der Waals surface area contributed by atoms with Crippen LogP contribution in [0.1, 0.15) is 96.3 Å². The van der Waals surface area contributed by atoms with E-state index in [0.717, 1.165) is 44.4 Å². The Morgan fingerprint density at radius 2 is 1.59 bits per heavy atom. The van der Waals surface area contributed by atoms with Gasteiger partial charge in [0.1, 0.15) is 0 Å². The van der Waals surface area contributed by atoms with E-state index in [1.807, 2.05) is 0 Å². The van der Waals surface area contributed by atoms with Crippen molar-refractivity contribution in [3.63, 3.8) is 0 Å². The molecule has 34 heavy (non-hydrogen) atoms. The maximum atomic E-state index is 12.3. The zero-order chi connectivity index (χ0) is 24.2.